The van der Waals surface area contributed by atoms with Crippen LogP contribution in [0, 0.1) is 17.2 Å². The van der Waals surface area contributed by atoms with E-state index in [9.17, 15) is 9.59 Å². The highest BCUT2D eigenvalue weighted by Crippen LogP contribution is 2.10. The molecule has 1 rings (SSSR count). The number of nitriles is 1. The van der Waals surface area contributed by atoms with Gasteiger partial charge in [0.15, 0.2) is 0 Å². The molecular formula is C17H21N3O2. The van der Waals surface area contributed by atoms with Crippen LogP contribution in [0.2, 0.25) is 0 Å². The molecule has 1 aromatic rings. The van der Waals surface area contributed by atoms with Crippen LogP contribution in [0.3, 0.4) is 0 Å². The summed E-state index contributed by atoms with van der Waals surface area (Å²) in [6.07, 6.45) is 1.44. The number of allylic oxidation sites excluding steroid dienone is 1. The SMILES string of the molecule is C/C(=C\C(=O)NCc1ccc(NC(=O)CC#N)cc1)C(C)C. The average Bonchev–Trinajstić information content (AvgIpc) is 2.46. The summed E-state index contributed by atoms with van der Waals surface area (Å²) in [4.78, 5) is 23.0. The first-order valence-corrected chi connectivity index (χ1v) is 7.14. The molecule has 0 aliphatic rings. The van der Waals surface area contributed by atoms with E-state index in [1.54, 1.807) is 24.3 Å². The van der Waals surface area contributed by atoms with Crippen molar-refractivity contribution in [2.24, 2.45) is 5.92 Å². The van der Waals surface area contributed by atoms with Crippen LogP contribution < -0.4 is 10.6 Å². The monoisotopic (exact) mass is 299 g/mol. The smallest absolute Gasteiger partial charge is 0.244 e. The Kier molecular flexibility index (Phi) is 6.84. The van der Waals surface area contributed by atoms with Gasteiger partial charge in [0.2, 0.25) is 11.8 Å². The van der Waals surface area contributed by atoms with E-state index in [-0.39, 0.29) is 18.2 Å². The molecule has 0 aliphatic heterocycles. The number of carbonyl (C=O) groups is 2. The van der Waals surface area contributed by atoms with Gasteiger partial charge in [-0.2, -0.15) is 5.26 Å². The summed E-state index contributed by atoms with van der Waals surface area (Å²) in [6.45, 7) is 6.44. The topological polar surface area (TPSA) is 82.0 Å². The molecule has 1 aromatic carbocycles. The van der Waals surface area contributed by atoms with Crippen LogP contribution in [0.1, 0.15) is 32.8 Å². The van der Waals surface area contributed by atoms with Gasteiger partial charge in [-0.3, -0.25) is 9.59 Å². The fraction of sp³-hybridized carbons (Fsp3) is 0.353. The van der Waals surface area contributed by atoms with Crippen molar-refractivity contribution in [1.29, 1.82) is 5.26 Å². The van der Waals surface area contributed by atoms with Gasteiger partial charge in [-0.25, -0.2) is 0 Å². The molecule has 5 heteroatoms. The van der Waals surface area contributed by atoms with Gasteiger partial charge in [0.1, 0.15) is 6.42 Å². The standard InChI is InChI=1S/C17H21N3O2/c1-12(2)13(3)10-17(22)19-11-14-4-6-15(7-5-14)20-16(21)8-9-18/h4-7,10,12H,8,11H2,1-3H3,(H,19,22)(H,20,21)/b13-10+. The predicted molar refractivity (Wildman–Crippen MR) is 85.7 cm³/mol. The molecule has 0 unspecified atom stereocenters. The van der Waals surface area contributed by atoms with Crippen molar-refractivity contribution in [2.45, 2.75) is 33.7 Å². The van der Waals surface area contributed by atoms with Gasteiger partial charge in [0.25, 0.3) is 0 Å². The van der Waals surface area contributed by atoms with Crippen molar-refractivity contribution in [3.63, 3.8) is 0 Å². The molecular weight excluding hydrogens is 278 g/mol. The number of nitrogens with zero attached hydrogens (tertiary/aromatic N) is 1. The minimum atomic E-state index is -0.335. The molecule has 0 aliphatic carbocycles. The third kappa shape index (κ3) is 6.23. The predicted octanol–water partition coefficient (Wildman–Crippen LogP) is 2.76. The molecule has 22 heavy (non-hydrogen) atoms. The molecule has 2 amide bonds. The molecule has 0 aromatic heterocycles. The first kappa shape index (κ1) is 17.4. The van der Waals surface area contributed by atoms with Crippen LogP contribution in [-0.2, 0) is 16.1 Å². The maximum Gasteiger partial charge on any atom is 0.244 e. The second-order valence-corrected chi connectivity index (χ2v) is 5.34. The molecule has 0 atom stereocenters. The van der Waals surface area contributed by atoms with Crippen LogP contribution in [0.4, 0.5) is 5.69 Å². The number of hydrogen-bond donors (Lipinski definition) is 2. The van der Waals surface area contributed by atoms with E-state index < -0.39 is 0 Å². The van der Waals surface area contributed by atoms with Gasteiger partial charge < -0.3 is 10.6 Å². The lowest BCUT2D eigenvalue weighted by atomic mass is 10.1. The molecule has 0 bridgehead atoms. The van der Waals surface area contributed by atoms with Crippen LogP contribution in [0.25, 0.3) is 0 Å². The largest absolute Gasteiger partial charge is 0.348 e. The number of hydrogen-bond acceptors (Lipinski definition) is 3. The zero-order chi connectivity index (χ0) is 16.5. The molecule has 0 radical (unpaired) electrons. The molecule has 0 spiro atoms. The first-order chi connectivity index (χ1) is 10.4. The van der Waals surface area contributed by atoms with Crippen molar-refractivity contribution >= 4 is 17.5 Å². The minimum absolute atomic E-state index is 0.113. The van der Waals surface area contributed by atoms with Crippen LogP contribution in [0.15, 0.2) is 35.9 Å². The fourth-order valence-electron chi connectivity index (χ4n) is 1.60. The maximum atomic E-state index is 11.7. The van der Waals surface area contributed by atoms with Crippen LogP contribution >= 0.6 is 0 Å². The Balaban J connectivity index is 2.51. The molecule has 0 fully saturated rings. The van der Waals surface area contributed by atoms with E-state index in [1.165, 1.54) is 0 Å². The summed E-state index contributed by atoms with van der Waals surface area (Å²) in [6, 6.07) is 8.92. The van der Waals surface area contributed by atoms with Gasteiger partial charge in [-0.05, 0) is 30.5 Å². The Hall–Kier alpha value is -2.61. The Bertz CT molecular complexity index is 595. The summed E-state index contributed by atoms with van der Waals surface area (Å²) < 4.78 is 0. The fourth-order valence-corrected chi connectivity index (χ4v) is 1.60. The maximum absolute atomic E-state index is 11.7. The van der Waals surface area contributed by atoms with E-state index in [0.29, 0.717) is 18.2 Å². The molecule has 2 N–H and O–H groups in total. The Morgan fingerprint density at radius 2 is 1.91 bits per heavy atom. The summed E-state index contributed by atoms with van der Waals surface area (Å²) in [5, 5.41) is 13.9. The summed E-state index contributed by atoms with van der Waals surface area (Å²) in [5.41, 5.74) is 2.60. The number of rotatable bonds is 6. The summed E-state index contributed by atoms with van der Waals surface area (Å²) in [7, 11) is 0. The van der Waals surface area contributed by atoms with Crippen LogP contribution in [0.5, 0.6) is 0 Å². The van der Waals surface area contributed by atoms with E-state index in [2.05, 4.69) is 10.6 Å². The third-order valence-corrected chi connectivity index (χ3v) is 3.21. The van der Waals surface area contributed by atoms with Gasteiger partial charge in [0, 0.05) is 18.3 Å². The second-order valence-electron chi connectivity index (χ2n) is 5.34. The van der Waals surface area contributed by atoms with Crippen LogP contribution in [-0.4, -0.2) is 11.8 Å². The van der Waals surface area contributed by atoms with Crippen molar-refractivity contribution < 1.29 is 9.59 Å². The minimum Gasteiger partial charge on any atom is -0.348 e. The van der Waals surface area contributed by atoms with Gasteiger partial charge >= 0.3 is 0 Å². The quantitative estimate of drug-likeness (QED) is 0.792. The number of nitrogens with one attached hydrogen (secondary N) is 2. The number of anilines is 1. The zero-order valence-electron chi connectivity index (χ0n) is 13.1. The molecule has 0 saturated heterocycles. The molecule has 116 valence electrons. The highest BCUT2D eigenvalue weighted by atomic mass is 16.2. The number of benzene rings is 1. The number of amides is 2. The van der Waals surface area contributed by atoms with Crippen molar-refractivity contribution in [3.8, 4) is 6.07 Å². The van der Waals surface area contributed by atoms with Gasteiger partial charge in [-0.1, -0.05) is 31.6 Å². The van der Waals surface area contributed by atoms with Crippen molar-refractivity contribution in [1.82, 2.24) is 5.32 Å². The Labute approximate surface area is 131 Å². The lowest BCUT2D eigenvalue weighted by Crippen LogP contribution is -2.21. The third-order valence-electron chi connectivity index (χ3n) is 3.21. The lowest BCUT2D eigenvalue weighted by Gasteiger charge is -2.07. The first-order valence-electron chi connectivity index (χ1n) is 7.14. The van der Waals surface area contributed by atoms with Crippen molar-refractivity contribution in [2.75, 3.05) is 5.32 Å². The average molecular weight is 299 g/mol. The highest BCUT2D eigenvalue weighted by Gasteiger charge is 2.03. The molecule has 0 saturated carbocycles. The van der Waals surface area contributed by atoms with Crippen molar-refractivity contribution in [3.05, 3.63) is 41.5 Å². The Morgan fingerprint density at radius 3 is 2.45 bits per heavy atom. The second kappa shape index (κ2) is 8.63. The Morgan fingerprint density at radius 1 is 1.27 bits per heavy atom. The molecule has 0 heterocycles. The normalized spacial score (nSPS) is 11.0. The highest BCUT2D eigenvalue weighted by molar-refractivity contribution is 5.92. The van der Waals surface area contributed by atoms with E-state index >= 15 is 0 Å². The lowest BCUT2D eigenvalue weighted by molar-refractivity contribution is -0.117. The molecule has 5 nitrogen and oxygen atoms in total. The van der Waals surface area contributed by atoms with E-state index in [4.69, 9.17) is 5.26 Å². The van der Waals surface area contributed by atoms with Gasteiger partial charge in [0.05, 0.1) is 6.07 Å². The van der Waals surface area contributed by atoms with Gasteiger partial charge in [-0.15, -0.1) is 0 Å². The summed E-state index contributed by atoms with van der Waals surface area (Å²) in [5.74, 6) is -0.0995. The number of carbonyl (C=O) groups excluding carboxylic acids is 2. The van der Waals surface area contributed by atoms with E-state index in [0.717, 1.165) is 11.1 Å². The zero-order valence-corrected chi connectivity index (χ0v) is 13.1. The summed E-state index contributed by atoms with van der Waals surface area (Å²) >= 11 is 0. The van der Waals surface area contributed by atoms with E-state index in [1.807, 2.05) is 32.9 Å².